The lowest BCUT2D eigenvalue weighted by Crippen LogP contribution is -2.08. The van der Waals surface area contributed by atoms with Crippen molar-refractivity contribution in [1.29, 1.82) is 0 Å². The molecule has 1 N–H and O–H groups in total. The molecule has 1 rings (SSSR count). The Kier molecular flexibility index (Phi) is 4.54. The second-order valence-electron chi connectivity index (χ2n) is 3.28. The van der Waals surface area contributed by atoms with Crippen molar-refractivity contribution in [2.75, 3.05) is 13.7 Å². The summed E-state index contributed by atoms with van der Waals surface area (Å²) in [5.74, 6) is -0.440. The molecule has 0 aliphatic carbocycles. The summed E-state index contributed by atoms with van der Waals surface area (Å²) < 4.78 is 10.3. The molecule has 16 heavy (non-hydrogen) atoms. The molecule has 0 radical (unpaired) electrons. The number of carboxylic acids is 1. The first kappa shape index (κ1) is 12.3. The number of carbonyl (C=O) groups is 1. The van der Waals surface area contributed by atoms with Crippen molar-refractivity contribution in [3.63, 3.8) is 0 Å². The van der Waals surface area contributed by atoms with Crippen molar-refractivity contribution in [3.05, 3.63) is 42.0 Å². The second-order valence-corrected chi connectivity index (χ2v) is 3.28. The predicted molar refractivity (Wildman–Crippen MR) is 59.4 cm³/mol. The van der Waals surface area contributed by atoms with Gasteiger partial charge in [-0.3, -0.25) is 0 Å². The van der Waals surface area contributed by atoms with Gasteiger partial charge >= 0.3 is 5.97 Å². The molecule has 0 fully saturated rings. The summed E-state index contributed by atoms with van der Waals surface area (Å²) in [6.45, 7) is 3.85. The topological polar surface area (TPSA) is 55.8 Å². The van der Waals surface area contributed by atoms with Crippen LogP contribution in [0.25, 0.3) is 0 Å². The molecule has 4 heteroatoms. The fraction of sp³-hybridized carbons (Fsp3) is 0.250. The molecule has 86 valence electrons. The maximum absolute atomic E-state index is 10.5. The van der Waals surface area contributed by atoms with E-state index in [-0.39, 0.29) is 12.2 Å². The number of rotatable bonds is 6. The van der Waals surface area contributed by atoms with Gasteiger partial charge < -0.3 is 14.6 Å². The molecule has 4 nitrogen and oxygen atoms in total. The van der Waals surface area contributed by atoms with Crippen LogP contribution in [0.5, 0.6) is 5.75 Å². The van der Waals surface area contributed by atoms with Crippen LogP contribution in [0.3, 0.4) is 0 Å². The van der Waals surface area contributed by atoms with E-state index in [0.717, 1.165) is 5.56 Å². The third-order valence-corrected chi connectivity index (χ3v) is 1.92. The van der Waals surface area contributed by atoms with Gasteiger partial charge in [0.2, 0.25) is 0 Å². The van der Waals surface area contributed by atoms with Crippen LogP contribution in [-0.4, -0.2) is 24.8 Å². The van der Waals surface area contributed by atoms with E-state index in [9.17, 15) is 4.79 Å². The molecular weight excluding hydrogens is 208 g/mol. The van der Waals surface area contributed by atoms with Crippen LogP contribution >= 0.6 is 0 Å². The Labute approximate surface area is 94.1 Å². The van der Waals surface area contributed by atoms with Crippen LogP contribution in [0.15, 0.2) is 36.4 Å². The first-order valence-corrected chi connectivity index (χ1v) is 4.75. The summed E-state index contributed by atoms with van der Waals surface area (Å²) in [4.78, 5) is 10.5. The average Bonchev–Trinajstić information content (AvgIpc) is 2.26. The van der Waals surface area contributed by atoms with Crippen molar-refractivity contribution in [1.82, 2.24) is 0 Å². The highest BCUT2D eigenvalue weighted by Gasteiger charge is 2.04. The normalized spacial score (nSPS) is 9.81. The number of aliphatic carboxylic acids is 1. The van der Waals surface area contributed by atoms with Crippen LogP contribution in [0, 0.1) is 0 Å². The summed E-state index contributed by atoms with van der Waals surface area (Å²) in [5.41, 5.74) is 0.998. The van der Waals surface area contributed by atoms with Gasteiger partial charge in [-0.25, -0.2) is 4.79 Å². The van der Waals surface area contributed by atoms with E-state index in [1.807, 2.05) is 12.1 Å². The lowest BCUT2D eigenvalue weighted by Gasteiger charge is -2.07. The molecule has 0 saturated heterocycles. The third-order valence-electron chi connectivity index (χ3n) is 1.92. The number of methoxy groups -OCH3 is 1. The molecule has 0 unspecified atom stereocenters. The van der Waals surface area contributed by atoms with E-state index in [0.29, 0.717) is 12.4 Å². The van der Waals surface area contributed by atoms with E-state index in [1.165, 1.54) is 0 Å². The predicted octanol–water partition coefficient (Wildman–Crippen LogP) is 1.85. The van der Waals surface area contributed by atoms with Gasteiger partial charge in [-0.2, -0.15) is 0 Å². The van der Waals surface area contributed by atoms with Crippen LogP contribution in [0.4, 0.5) is 0 Å². The molecular formula is C12H14O4. The zero-order chi connectivity index (χ0) is 12.0. The number of carboxylic acid groups (broad SMARTS) is 1. The van der Waals surface area contributed by atoms with Crippen molar-refractivity contribution in [2.24, 2.45) is 0 Å². The summed E-state index contributed by atoms with van der Waals surface area (Å²) in [6, 6.07) is 7.29. The van der Waals surface area contributed by atoms with Crippen molar-refractivity contribution >= 4 is 5.97 Å². The molecule has 1 aromatic rings. The number of hydrogen-bond acceptors (Lipinski definition) is 3. The SMILES string of the molecule is C=C(COc1cccc(COC)c1)C(=O)O. The number of ether oxygens (including phenoxy) is 2. The highest BCUT2D eigenvalue weighted by Crippen LogP contribution is 2.14. The fourth-order valence-corrected chi connectivity index (χ4v) is 1.12. The molecule has 0 bridgehead atoms. The fourth-order valence-electron chi connectivity index (χ4n) is 1.12. The lowest BCUT2D eigenvalue weighted by molar-refractivity contribution is -0.133. The Balaban J connectivity index is 2.57. The molecule has 0 amide bonds. The van der Waals surface area contributed by atoms with Crippen LogP contribution < -0.4 is 4.74 Å². The van der Waals surface area contributed by atoms with Gasteiger partial charge in [0, 0.05) is 7.11 Å². The molecule has 0 spiro atoms. The molecule has 0 aromatic heterocycles. The molecule has 0 aliphatic heterocycles. The van der Waals surface area contributed by atoms with Crippen LogP contribution in [0.2, 0.25) is 0 Å². The van der Waals surface area contributed by atoms with Crippen molar-refractivity contribution in [2.45, 2.75) is 6.61 Å². The van der Waals surface area contributed by atoms with E-state index in [1.54, 1.807) is 19.2 Å². The Bertz CT molecular complexity index is 384. The quantitative estimate of drug-likeness (QED) is 0.746. The maximum Gasteiger partial charge on any atom is 0.334 e. The zero-order valence-electron chi connectivity index (χ0n) is 9.10. The van der Waals surface area contributed by atoms with Gasteiger partial charge in [-0.15, -0.1) is 0 Å². The summed E-state index contributed by atoms with van der Waals surface area (Å²) in [6.07, 6.45) is 0. The number of benzene rings is 1. The second kappa shape index (κ2) is 5.92. The zero-order valence-corrected chi connectivity index (χ0v) is 9.10. The first-order valence-electron chi connectivity index (χ1n) is 4.75. The summed E-state index contributed by atoms with van der Waals surface area (Å²) in [7, 11) is 1.61. The van der Waals surface area contributed by atoms with E-state index in [4.69, 9.17) is 14.6 Å². The molecule has 0 heterocycles. The first-order chi connectivity index (χ1) is 7.63. The molecule has 1 aromatic carbocycles. The summed E-state index contributed by atoms with van der Waals surface area (Å²) in [5, 5.41) is 8.60. The smallest absolute Gasteiger partial charge is 0.334 e. The van der Waals surface area contributed by atoms with Crippen LogP contribution in [-0.2, 0) is 16.1 Å². The van der Waals surface area contributed by atoms with E-state index >= 15 is 0 Å². The van der Waals surface area contributed by atoms with Gasteiger partial charge in [0.25, 0.3) is 0 Å². The lowest BCUT2D eigenvalue weighted by atomic mass is 10.2. The maximum atomic E-state index is 10.5. The van der Waals surface area contributed by atoms with Gasteiger partial charge in [-0.1, -0.05) is 18.7 Å². The minimum Gasteiger partial charge on any atom is -0.489 e. The Morgan fingerprint density at radius 2 is 2.25 bits per heavy atom. The Hall–Kier alpha value is -1.81. The summed E-state index contributed by atoms with van der Waals surface area (Å²) >= 11 is 0. The van der Waals surface area contributed by atoms with E-state index < -0.39 is 5.97 Å². The van der Waals surface area contributed by atoms with Crippen molar-refractivity contribution < 1.29 is 19.4 Å². The minimum absolute atomic E-state index is 0.0221. The van der Waals surface area contributed by atoms with E-state index in [2.05, 4.69) is 6.58 Å². The average molecular weight is 222 g/mol. The van der Waals surface area contributed by atoms with Crippen molar-refractivity contribution in [3.8, 4) is 5.75 Å². The Morgan fingerprint density at radius 1 is 1.50 bits per heavy atom. The monoisotopic (exact) mass is 222 g/mol. The largest absolute Gasteiger partial charge is 0.489 e. The Morgan fingerprint density at radius 3 is 2.88 bits per heavy atom. The highest BCUT2D eigenvalue weighted by atomic mass is 16.5. The molecule has 0 atom stereocenters. The van der Waals surface area contributed by atoms with Gasteiger partial charge in [0.05, 0.1) is 12.2 Å². The highest BCUT2D eigenvalue weighted by molar-refractivity contribution is 5.86. The standard InChI is InChI=1S/C12H14O4/c1-9(12(13)14)7-16-11-5-3-4-10(6-11)8-15-2/h3-6H,1,7-8H2,2H3,(H,13,14). The van der Waals surface area contributed by atoms with Crippen LogP contribution in [0.1, 0.15) is 5.56 Å². The third kappa shape index (κ3) is 3.74. The minimum atomic E-state index is -1.05. The molecule has 0 saturated carbocycles. The van der Waals surface area contributed by atoms with Gasteiger partial charge in [0.1, 0.15) is 12.4 Å². The van der Waals surface area contributed by atoms with Gasteiger partial charge in [0.15, 0.2) is 0 Å². The molecule has 0 aliphatic rings. The van der Waals surface area contributed by atoms with Gasteiger partial charge in [-0.05, 0) is 17.7 Å². The number of hydrogen-bond donors (Lipinski definition) is 1.